The Kier molecular flexibility index (Phi) is 5.92. The first kappa shape index (κ1) is 14.5. The Morgan fingerprint density at radius 2 is 2.18 bits per heavy atom. The first-order chi connectivity index (χ1) is 8.00. The molecule has 4 heteroatoms. The Bertz CT molecular complexity index is 244. The van der Waals surface area contributed by atoms with Crippen LogP contribution in [0.2, 0.25) is 0 Å². The van der Waals surface area contributed by atoms with Gasteiger partial charge < -0.3 is 15.8 Å². The molecule has 0 bridgehead atoms. The van der Waals surface area contributed by atoms with Crippen molar-refractivity contribution in [3.8, 4) is 0 Å². The number of hydrogen-bond donors (Lipinski definition) is 2. The number of ether oxygens (including phenoxy) is 1. The van der Waals surface area contributed by atoms with Gasteiger partial charge in [-0.05, 0) is 33.1 Å². The van der Waals surface area contributed by atoms with Crippen molar-refractivity contribution in [3.05, 3.63) is 0 Å². The van der Waals surface area contributed by atoms with Crippen LogP contribution in [0.4, 0.5) is 0 Å². The van der Waals surface area contributed by atoms with E-state index < -0.39 is 0 Å². The predicted octanol–water partition coefficient (Wildman–Crippen LogP) is 1.43. The fraction of sp³-hybridized carbons (Fsp3) is 0.923. The zero-order chi connectivity index (χ0) is 12.8. The number of nitrogens with one attached hydrogen (secondary N) is 1. The van der Waals surface area contributed by atoms with E-state index in [9.17, 15) is 4.79 Å². The topological polar surface area (TPSA) is 64.4 Å². The normalized spacial score (nSPS) is 27.8. The van der Waals surface area contributed by atoms with Crippen LogP contribution in [-0.2, 0) is 9.53 Å². The number of amides is 1. The Morgan fingerprint density at radius 1 is 1.47 bits per heavy atom. The van der Waals surface area contributed by atoms with Crippen LogP contribution in [0.15, 0.2) is 0 Å². The van der Waals surface area contributed by atoms with Crippen LogP contribution in [0.5, 0.6) is 0 Å². The molecular formula is C13H26N2O2. The maximum absolute atomic E-state index is 11.9. The predicted molar refractivity (Wildman–Crippen MR) is 68.6 cm³/mol. The van der Waals surface area contributed by atoms with Gasteiger partial charge in [0.1, 0.15) is 0 Å². The van der Waals surface area contributed by atoms with Gasteiger partial charge in [-0.1, -0.05) is 13.3 Å². The molecule has 1 heterocycles. The van der Waals surface area contributed by atoms with Gasteiger partial charge in [-0.3, -0.25) is 4.79 Å². The maximum Gasteiger partial charge on any atom is 0.223 e. The molecule has 4 atom stereocenters. The molecule has 4 unspecified atom stereocenters. The van der Waals surface area contributed by atoms with Gasteiger partial charge in [-0.15, -0.1) is 0 Å². The third-order valence-corrected chi connectivity index (χ3v) is 3.45. The van der Waals surface area contributed by atoms with Crippen LogP contribution in [-0.4, -0.2) is 30.7 Å². The molecule has 0 aromatic heterocycles. The van der Waals surface area contributed by atoms with E-state index >= 15 is 0 Å². The van der Waals surface area contributed by atoms with Crippen LogP contribution in [0, 0.1) is 5.92 Å². The molecule has 3 N–H and O–H groups in total. The van der Waals surface area contributed by atoms with E-state index in [1.807, 2.05) is 20.8 Å². The van der Waals surface area contributed by atoms with Crippen LogP contribution in [0.3, 0.4) is 0 Å². The highest BCUT2D eigenvalue weighted by molar-refractivity contribution is 5.78. The Hall–Kier alpha value is -0.610. The molecule has 1 rings (SSSR count). The van der Waals surface area contributed by atoms with E-state index in [4.69, 9.17) is 10.5 Å². The second-order valence-corrected chi connectivity index (χ2v) is 5.29. The van der Waals surface area contributed by atoms with Crippen LogP contribution in [0.1, 0.15) is 46.5 Å². The molecule has 0 radical (unpaired) electrons. The molecular weight excluding hydrogens is 216 g/mol. The quantitative estimate of drug-likeness (QED) is 0.740. The van der Waals surface area contributed by atoms with E-state index in [0.29, 0.717) is 0 Å². The van der Waals surface area contributed by atoms with E-state index in [0.717, 1.165) is 32.3 Å². The minimum atomic E-state index is 0.0709. The van der Waals surface area contributed by atoms with Crippen molar-refractivity contribution in [1.29, 1.82) is 0 Å². The van der Waals surface area contributed by atoms with Crippen molar-refractivity contribution in [1.82, 2.24) is 5.32 Å². The average molecular weight is 242 g/mol. The highest BCUT2D eigenvalue weighted by Gasteiger charge is 2.26. The van der Waals surface area contributed by atoms with E-state index in [1.165, 1.54) is 0 Å². The van der Waals surface area contributed by atoms with Gasteiger partial charge >= 0.3 is 0 Å². The fourth-order valence-corrected chi connectivity index (χ4v) is 2.12. The fourth-order valence-electron chi connectivity index (χ4n) is 2.12. The van der Waals surface area contributed by atoms with Crippen LogP contribution >= 0.6 is 0 Å². The summed E-state index contributed by atoms with van der Waals surface area (Å²) in [6, 6.07) is 0.423. The van der Waals surface area contributed by atoms with E-state index in [-0.39, 0.29) is 30.0 Å². The molecule has 1 fully saturated rings. The zero-order valence-electron chi connectivity index (χ0n) is 11.2. The molecule has 0 saturated carbocycles. The molecule has 0 aromatic rings. The molecule has 100 valence electrons. The lowest BCUT2D eigenvalue weighted by Gasteiger charge is -2.19. The molecule has 1 amide bonds. The van der Waals surface area contributed by atoms with Gasteiger partial charge in [0.2, 0.25) is 5.91 Å². The van der Waals surface area contributed by atoms with Gasteiger partial charge in [-0.2, -0.15) is 0 Å². The third-order valence-electron chi connectivity index (χ3n) is 3.45. The molecule has 1 aliphatic heterocycles. The van der Waals surface area contributed by atoms with Crippen LogP contribution in [0.25, 0.3) is 0 Å². The number of rotatable bonds is 6. The van der Waals surface area contributed by atoms with Crippen molar-refractivity contribution >= 4 is 5.91 Å². The minimum Gasteiger partial charge on any atom is -0.376 e. The van der Waals surface area contributed by atoms with Crippen molar-refractivity contribution in [3.63, 3.8) is 0 Å². The van der Waals surface area contributed by atoms with Crippen molar-refractivity contribution < 1.29 is 9.53 Å². The number of nitrogens with two attached hydrogens (primary N) is 1. The van der Waals surface area contributed by atoms with Crippen molar-refractivity contribution in [2.75, 3.05) is 6.61 Å². The van der Waals surface area contributed by atoms with E-state index in [2.05, 4.69) is 5.32 Å². The summed E-state index contributed by atoms with van der Waals surface area (Å²) in [5.74, 6) is 0.221. The maximum atomic E-state index is 11.9. The summed E-state index contributed by atoms with van der Waals surface area (Å²) in [6.45, 7) is 6.75. The third kappa shape index (κ3) is 5.04. The van der Waals surface area contributed by atoms with Crippen LogP contribution < -0.4 is 11.1 Å². The summed E-state index contributed by atoms with van der Waals surface area (Å²) in [6.07, 6.45) is 3.99. The van der Waals surface area contributed by atoms with E-state index in [1.54, 1.807) is 0 Å². The first-order valence-corrected chi connectivity index (χ1v) is 6.68. The SMILES string of the molecule is CC(N)CCCC(C)C(=O)NC1CCOC1C. The van der Waals surface area contributed by atoms with Gasteiger partial charge in [0.15, 0.2) is 0 Å². The Labute approximate surface area is 104 Å². The first-order valence-electron chi connectivity index (χ1n) is 6.68. The highest BCUT2D eigenvalue weighted by atomic mass is 16.5. The monoisotopic (exact) mass is 242 g/mol. The molecule has 0 spiro atoms. The van der Waals surface area contributed by atoms with Crippen molar-refractivity contribution in [2.45, 2.75) is 64.6 Å². The van der Waals surface area contributed by atoms with Gasteiger partial charge in [0.25, 0.3) is 0 Å². The molecule has 0 aliphatic carbocycles. The molecule has 1 aliphatic rings. The summed E-state index contributed by atoms with van der Waals surface area (Å²) in [5, 5.41) is 3.07. The summed E-state index contributed by atoms with van der Waals surface area (Å²) >= 11 is 0. The van der Waals surface area contributed by atoms with Crippen molar-refractivity contribution in [2.24, 2.45) is 11.7 Å². The standard InChI is InChI=1S/C13H26N2O2/c1-9(5-4-6-10(2)14)13(16)15-12-7-8-17-11(12)3/h9-12H,4-8,14H2,1-3H3,(H,15,16). The molecule has 4 nitrogen and oxygen atoms in total. The summed E-state index contributed by atoms with van der Waals surface area (Å²) in [5.41, 5.74) is 5.69. The highest BCUT2D eigenvalue weighted by Crippen LogP contribution is 2.15. The minimum absolute atomic E-state index is 0.0709. The average Bonchev–Trinajstić information content (AvgIpc) is 2.63. The lowest BCUT2D eigenvalue weighted by molar-refractivity contribution is -0.125. The second-order valence-electron chi connectivity index (χ2n) is 5.29. The largest absolute Gasteiger partial charge is 0.376 e. The second kappa shape index (κ2) is 6.97. The van der Waals surface area contributed by atoms with Gasteiger partial charge in [-0.25, -0.2) is 0 Å². The molecule has 0 aromatic carbocycles. The number of carbonyl (C=O) groups is 1. The lowest BCUT2D eigenvalue weighted by atomic mass is 10.0. The number of carbonyl (C=O) groups excluding carboxylic acids is 1. The molecule has 1 saturated heterocycles. The lowest BCUT2D eigenvalue weighted by Crippen LogP contribution is -2.41. The molecule has 17 heavy (non-hydrogen) atoms. The van der Waals surface area contributed by atoms with Gasteiger partial charge in [0.05, 0.1) is 12.1 Å². The number of hydrogen-bond acceptors (Lipinski definition) is 3. The van der Waals surface area contributed by atoms with Gasteiger partial charge in [0, 0.05) is 18.6 Å². The zero-order valence-corrected chi connectivity index (χ0v) is 11.2. The Morgan fingerprint density at radius 3 is 2.71 bits per heavy atom. The summed E-state index contributed by atoms with van der Waals surface area (Å²) in [7, 11) is 0. The Balaban J connectivity index is 2.22. The summed E-state index contributed by atoms with van der Waals surface area (Å²) < 4.78 is 5.43. The summed E-state index contributed by atoms with van der Waals surface area (Å²) in [4.78, 5) is 11.9. The smallest absolute Gasteiger partial charge is 0.223 e.